The van der Waals surface area contributed by atoms with Crippen molar-refractivity contribution in [2.45, 2.75) is 0 Å². The summed E-state index contributed by atoms with van der Waals surface area (Å²) in [7, 11) is 3.40. The maximum absolute atomic E-state index is 11.4. The number of carbonyl (C=O) groups is 1. The second-order valence-electron chi connectivity index (χ2n) is 3.82. The summed E-state index contributed by atoms with van der Waals surface area (Å²) in [5, 5.41) is 6.90. The standard InChI is InChI=1S/C12H14N4O/c1-15(2)12(17)14-10-4-6-11(7-5-10)16-9-3-8-13-16/h3-9H,1-2H3,(H,14,17). The van der Waals surface area contributed by atoms with Crippen molar-refractivity contribution >= 4 is 11.7 Å². The number of urea groups is 1. The number of nitrogens with zero attached hydrogens (tertiary/aromatic N) is 3. The van der Waals surface area contributed by atoms with Crippen molar-refractivity contribution in [1.82, 2.24) is 14.7 Å². The summed E-state index contributed by atoms with van der Waals surface area (Å²) in [6.45, 7) is 0. The van der Waals surface area contributed by atoms with Gasteiger partial charge in [0.1, 0.15) is 0 Å². The summed E-state index contributed by atoms with van der Waals surface area (Å²) in [6, 6.07) is 9.21. The zero-order valence-corrected chi connectivity index (χ0v) is 9.79. The number of rotatable bonds is 2. The molecule has 5 heteroatoms. The molecule has 0 atom stereocenters. The van der Waals surface area contributed by atoms with Gasteiger partial charge in [-0.3, -0.25) is 0 Å². The summed E-state index contributed by atoms with van der Waals surface area (Å²) >= 11 is 0. The van der Waals surface area contributed by atoms with E-state index in [1.165, 1.54) is 4.90 Å². The molecule has 17 heavy (non-hydrogen) atoms. The molecule has 1 aromatic carbocycles. The lowest BCUT2D eigenvalue weighted by Crippen LogP contribution is -2.27. The van der Waals surface area contributed by atoms with Crippen molar-refractivity contribution in [3.05, 3.63) is 42.7 Å². The van der Waals surface area contributed by atoms with Gasteiger partial charge in [-0.1, -0.05) is 0 Å². The molecule has 2 aromatic rings. The Morgan fingerprint density at radius 2 is 2.00 bits per heavy atom. The summed E-state index contributed by atoms with van der Waals surface area (Å²) in [5.74, 6) is 0. The van der Waals surface area contributed by atoms with Crippen LogP contribution in [0.2, 0.25) is 0 Å². The van der Waals surface area contributed by atoms with Gasteiger partial charge in [-0.2, -0.15) is 5.10 Å². The molecule has 0 fully saturated rings. The number of hydrogen-bond acceptors (Lipinski definition) is 2. The highest BCUT2D eigenvalue weighted by Crippen LogP contribution is 2.12. The molecular formula is C12H14N4O. The number of amides is 2. The largest absolute Gasteiger partial charge is 0.331 e. The minimum Gasteiger partial charge on any atom is -0.331 e. The summed E-state index contributed by atoms with van der Waals surface area (Å²) in [4.78, 5) is 12.9. The average Bonchev–Trinajstić information content (AvgIpc) is 2.83. The molecule has 0 saturated carbocycles. The fourth-order valence-electron chi connectivity index (χ4n) is 1.35. The third-order valence-corrected chi connectivity index (χ3v) is 2.29. The van der Waals surface area contributed by atoms with Gasteiger partial charge in [-0.25, -0.2) is 9.48 Å². The topological polar surface area (TPSA) is 50.2 Å². The van der Waals surface area contributed by atoms with Crippen LogP contribution in [0.25, 0.3) is 5.69 Å². The quantitative estimate of drug-likeness (QED) is 0.857. The molecule has 0 unspecified atom stereocenters. The molecule has 0 aliphatic carbocycles. The highest BCUT2D eigenvalue weighted by Gasteiger charge is 2.03. The van der Waals surface area contributed by atoms with E-state index >= 15 is 0 Å². The van der Waals surface area contributed by atoms with Gasteiger partial charge in [0.25, 0.3) is 0 Å². The lowest BCUT2D eigenvalue weighted by atomic mass is 10.3. The molecule has 1 N–H and O–H groups in total. The normalized spacial score (nSPS) is 10.0. The second-order valence-corrected chi connectivity index (χ2v) is 3.82. The number of nitrogens with one attached hydrogen (secondary N) is 1. The molecule has 2 rings (SSSR count). The Morgan fingerprint density at radius 3 is 2.53 bits per heavy atom. The number of anilines is 1. The Bertz CT molecular complexity index is 488. The van der Waals surface area contributed by atoms with Crippen LogP contribution in [-0.2, 0) is 0 Å². The van der Waals surface area contributed by atoms with Gasteiger partial charge < -0.3 is 10.2 Å². The van der Waals surface area contributed by atoms with E-state index in [1.54, 1.807) is 25.0 Å². The molecule has 88 valence electrons. The van der Waals surface area contributed by atoms with E-state index in [0.717, 1.165) is 11.4 Å². The van der Waals surface area contributed by atoms with Crippen molar-refractivity contribution in [3.63, 3.8) is 0 Å². The van der Waals surface area contributed by atoms with Crippen LogP contribution >= 0.6 is 0 Å². The molecule has 5 nitrogen and oxygen atoms in total. The smallest absolute Gasteiger partial charge is 0.321 e. The summed E-state index contributed by atoms with van der Waals surface area (Å²) < 4.78 is 1.76. The van der Waals surface area contributed by atoms with Crippen molar-refractivity contribution in [1.29, 1.82) is 0 Å². The molecule has 0 saturated heterocycles. The first kappa shape index (κ1) is 11.2. The zero-order chi connectivity index (χ0) is 12.3. The predicted molar refractivity (Wildman–Crippen MR) is 66.3 cm³/mol. The maximum Gasteiger partial charge on any atom is 0.321 e. The first-order chi connectivity index (χ1) is 8.16. The summed E-state index contributed by atoms with van der Waals surface area (Å²) in [5.41, 5.74) is 1.72. The van der Waals surface area contributed by atoms with Crippen LogP contribution in [-0.4, -0.2) is 34.8 Å². The van der Waals surface area contributed by atoms with Crippen LogP contribution in [0.15, 0.2) is 42.7 Å². The lowest BCUT2D eigenvalue weighted by Gasteiger charge is -2.12. The first-order valence-corrected chi connectivity index (χ1v) is 5.25. The Hall–Kier alpha value is -2.30. The molecule has 0 spiro atoms. The molecule has 1 heterocycles. The minimum atomic E-state index is -0.142. The van der Waals surface area contributed by atoms with E-state index in [2.05, 4.69) is 10.4 Å². The molecule has 1 aromatic heterocycles. The van der Waals surface area contributed by atoms with Crippen LogP contribution < -0.4 is 5.32 Å². The van der Waals surface area contributed by atoms with Gasteiger partial charge in [-0.05, 0) is 30.3 Å². The monoisotopic (exact) mass is 230 g/mol. The van der Waals surface area contributed by atoms with Crippen molar-refractivity contribution in [2.24, 2.45) is 0 Å². The van der Waals surface area contributed by atoms with Crippen molar-refractivity contribution in [3.8, 4) is 5.69 Å². The molecule has 2 amide bonds. The average molecular weight is 230 g/mol. The van der Waals surface area contributed by atoms with E-state index in [0.29, 0.717) is 0 Å². The van der Waals surface area contributed by atoms with Crippen LogP contribution in [0.1, 0.15) is 0 Å². The summed E-state index contributed by atoms with van der Waals surface area (Å²) in [6.07, 6.45) is 3.59. The highest BCUT2D eigenvalue weighted by atomic mass is 16.2. The van der Waals surface area contributed by atoms with Gasteiger partial charge in [0.15, 0.2) is 0 Å². The Morgan fingerprint density at radius 1 is 1.29 bits per heavy atom. The molecule has 0 bridgehead atoms. The van der Waals surface area contributed by atoms with E-state index in [9.17, 15) is 4.79 Å². The van der Waals surface area contributed by atoms with Crippen LogP contribution in [0.5, 0.6) is 0 Å². The minimum absolute atomic E-state index is 0.142. The maximum atomic E-state index is 11.4. The Balaban J connectivity index is 2.11. The lowest BCUT2D eigenvalue weighted by molar-refractivity contribution is 0.230. The van der Waals surface area contributed by atoms with Gasteiger partial charge in [0.2, 0.25) is 0 Å². The van der Waals surface area contributed by atoms with E-state index in [1.807, 2.05) is 36.5 Å². The highest BCUT2D eigenvalue weighted by molar-refractivity contribution is 5.88. The number of benzene rings is 1. The third kappa shape index (κ3) is 2.63. The molecule has 0 aliphatic heterocycles. The zero-order valence-electron chi connectivity index (χ0n) is 9.79. The van der Waals surface area contributed by atoms with Crippen LogP contribution in [0, 0.1) is 0 Å². The third-order valence-electron chi connectivity index (χ3n) is 2.29. The first-order valence-electron chi connectivity index (χ1n) is 5.25. The van der Waals surface area contributed by atoms with E-state index < -0.39 is 0 Å². The van der Waals surface area contributed by atoms with E-state index in [-0.39, 0.29) is 6.03 Å². The van der Waals surface area contributed by atoms with Crippen molar-refractivity contribution in [2.75, 3.05) is 19.4 Å². The van der Waals surface area contributed by atoms with Gasteiger partial charge in [0.05, 0.1) is 5.69 Å². The number of hydrogen-bond donors (Lipinski definition) is 1. The van der Waals surface area contributed by atoms with Gasteiger partial charge >= 0.3 is 6.03 Å². The van der Waals surface area contributed by atoms with Gasteiger partial charge in [-0.15, -0.1) is 0 Å². The predicted octanol–water partition coefficient (Wildman–Crippen LogP) is 1.97. The van der Waals surface area contributed by atoms with Crippen LogP contribution in [0.3, 0.4) is 0 Å². The number of carbonyl (C=O) groups excluding carboxylic acids is 1. The fraction of sp³-hybridized carbons (Fsp3) is 0.167. The van der Waals surface area contributed by atoms with E-state index in [4.69, 9.17) is 0 Å². The van der Waals surface area contributed by atoms with Crippen LogP contribution in [0.4, 0.5) is 10.5 Å². The second kappa shape index (κ2) is 4.69. The van der Waals surface area contributed by atoms with Crippen molar-refractivity contribution < 1.29 is 4.79 Å². The Labute approximate surface area is 99.7 Å². The SMILES string of the molecule is CN(C)C(=O)Nc1ccc(-n2cccn2)cc1. The number of aromatic nitrogens is 2. The molecule has 0 aliphatic rings. The molecule has 0 radical (unpaired) electrons. The Kier molecular flexibility index (Phi) is 3.09. The fourth-order valence-corrected chi connectivity index (χ4v) is 1.35. The van der Waals surface area contributed by atoms with Gasteiger partial charge in [0, 0.05) is 32.2 Å². The molecular weight excluding hydrogens is 216 g/mol.